The van der Waals surface area contributed by atoms with Crippen LogP contribution in [0.4, 0.5) is 0 Å². The Bertz CT molecular complexity index is 1520. The number of ketones is 1. The van der Waals surface area contributed by atoms with E-state index in [1.807, 2.05) is 25.1 Å². The van der Waals surface area contributed by atoms with Gasteiger partial charge in [0.1, 0.15) is 0 Å². The molecule has 3 atom stereocenters. The fraction of sp³-hybridized carbons (Fsp3) is 0.219. The highest BCUT2D eigenvalue weighted by Crippen LogP contribution is 2.51. The van der Waals surface area contributed by atoms with Crippen molar-refractivity contribution in [1.29, 1.82) is 0 Å². The van der Waals surface area contributed by atoms with Gasteiger partial charge in [-0.25, -0.2) is 9.53 Å². The van der Waals surface area contributed by atoms with Gasteiger partial charge in [-0.15, -0.1) is 0 Å². The average molecular weight is 470 g/mol. The monoisotopic (exact) mass is 469 g/mol. The van der Waals surface area contributed by atoms with E-state index >= 15 is 0 Å². The van der Waals surface area contributed by atoms with Crippen LogP contribution in [-0.4, -0.2) is 15.6 Å². The van der Waals surface area contributed by atoms with Crippen LogP contribution in [0.2, 0.25) is 0 Å². The number of fused-ring (bicyclic) bond motifs is 3. The molecule has 0 spiro atoms. The number of nitrogens with zero attached hydrogens (tertiary/aromatic N) is 3. The van der Waals surface area contributed by atoms with Crippen LogP contribution in [-0.2, 0) is 16.6 Å². The third-order valence-corrected chi connectivity index (χ3v) is 8.06. The largest absolute Gasteiger partial charge is 0.308 e. The lowest BCUT2D eigenvalue weighted by molar-refractivity contribution is -0.121. The van der Waals surface area contributed by atoms with Gasteiger partial charge >= 0.3 is 0 Å². The molecule has 176 valence electrons. The van der Waals surface area contributed by atoms with Crippen LogP contribution in [0.25, 0.3) is 32.9 Å². The van der Waals surface area contributed by atoms with E-state index in [0.717, 1.165) is 41.0 Å². The molecule has 4 nitrogen and oxygen atoms in total. The quantitative estimate of drug-likeness (QED) is 0.302. The van der Waals surface area contributed by atoms with Crippen LogP contribution in [0.1, 0.15) is 31.5 Å². The van der Waals surface area contributed by atoms with Crippen molar-refractivity contribution < 1.29 is 4.79 Å². The lowest BCUT2D eigenvalue weighted by Crippen LogP contribution is -2.45. The van der Waals surface area contributed by atoms with Crippen LogP contribution in [0.5, 0.6) is 0 Å². The third kappa shape index (κ3) is 3.35. The van der Waals surface area contributed by atoms with Crippen molar-refractivity contribution in [3.05, 3.63) is 119 Å². The SMILES string of the molecule is [C-]#[N+]C1=C[C@@]2(C)c3nn(-c4ccc(-c5ccccc5)cc4)c(-c4ccccc4)c3CC[C@@H]2[C@@H](C)C1=O. The minimum atomic E-state index is -0.459. The second-order valence-electron chi connectivity index (χ2n) is 10.1. The first-order chi connectivity index (χ1) is 17.5. The van der Waals surface area contributed by atoms with Gasteiger partial charge in [-0.05, 0) is 42.0 Å². The maximum atomic E-state index is 12.8. The summed E-state index contributed by atoms with van der Waals surface area (Å²) in [6.07, 6.45) is 3.66. The average Bonchev–Trinajstić information content (AvgIpc) is 3.33. The van der Waals surface area contributed by atoms with E-state index in [2.05, 4.69) is 89.2 Å². The molecule has 0 bridgehead atoms. The summed E-state index contributed by atoms with van der Waals surface area (Å²) >= 11 is 0. The Kier molecular flexibility index (Phi) is 5.23. The molecule has 0 saturated carbocycles. The fourth-order valence-corrected chi connectivity index (χ4v) is 6.20. The summed E-state index contributed by atoms with van der Waals surface area (Å²) in [4.78, 5) is 16.4. The molecular formula is C32H27N3O. The number of rotatable bonds is 3. The Balaban J connectivity index is 1.55. The van der Waals surface area contributed by atoms with E-state index < -0.39 is 5.41 Å². The Morgan fingerprint density at radius 1 is 0.917 bits per heavy atom. The van der Waals surface area contributed by atoms with Gasteiger partial charge in [0.25, 0.3) is 0 Å². The second kappa shape index (κ2) is 8.46. The molecule has 1 aromatic heterocycles. The number of Topliss-reactive ketones (excluding diaryl/α,β-unsaturated/α-hetero) is 1. The molecule has 1 heterocycles. The van der Waals surface area contributed by atoms with Crippen molar-refractivity contribution in [2.24, 2.45) is 11.8 Å². The molecule has 0 fully saturated rings. The number of carbonyl (C=O) groups is 1. The molecule has 6 rings (SSSR count). The normalized spacial score (nSPS) is 22.8. The number of hydrogen-bond donors (Lipinski definition) is 0. The smallest absolute Gasteiger partial charge is 0.226 e. The topological polar surface area (TPSA) is 39.2 Å². The van der Waals surface area contributed by atoms with Gasteiger partial charge in [-0.1, -0.05) is 92.7 Å². The summed E-state index contributed by atoms with van der Waals surface area (Å²) in [6, 6.07) is 29.3. The van der Waals surface area contributed by atoms with Gasteiger partial charge in [0, 0.05) is 22.5 Å². The van der Waals surface area contributed by atoms with Gasteiger partial charge in [-0.3, -0.25) is 0 Å². The van der Waals surface area contributed by atoms with Crippen LogP contribution in [0.15, 0.2) is 96.7 Å². The Morgan fingerprint density at radius 3 is 2.17 bits per heavy atom. The van der Waals surface area contributed by atoms with Gasteiger partial charge in [-0.2, -0.15) is 5.10 Å². The van der Waals surface area contributed by atoms with Crippen LogP contribution >= 0.6 is 0 Å². The third-order valence-electron chi connectivity index (χ3n) is 8.06. The molecule has 4 aromatic rings. The highest BCUT2D eigenvalue weighted by atomic mass is 16.1. The molecule has 0 aliphatic heterocycles. The minimum Gasteiger partial charge on any atom is -0.308 e. The van der Waals surface area contributed by atoms with Crippen molar-refractivity contribution in [3.63, 3.8) is 0 Å². The molecule has 0 saturated heterocycles. The zero-order valence-electron chi connectivity index (χ0n) is 20.5. The lowest BCUT2D eigenvalue weighted by Gasteiger charge is -2.44. The predicted molar refractivity (Wildman–Crippen MR) is 142 cm³/mol. The number of aromatic nitrogens is 2. The molecular weight excluding hydrogens is 442 g/mol. The zero-order chi connectivity index (χ0) is 24.9. The summed E-state index contributed by atoms with van der Waals surface area (Å²) in [5.41, 5.74) is 7.55. The summed E-state index contributed by atoms with van der Waals surface area (Å²) in [7, 11) is 0. The minimum absolute atomic E-state index is 0.0323. The molecule has 0 amide bonds. The maximum absolute atomic E-state index is 12.8. The van der Waals surface area contributed by atoms with Crippen molar-refractivity contribution in [3.8, 4) is 28.1 Å². The number of carbonyl (C=O) groups excluding carboxylic acids is 1. The number of allylic oxidation sites excluding steroid dienone is 2. The van der Waals surface area contributed by atoms with E-state index in [1.54, 1.807) is 0 Å². The van der Waals surface area contributed by atoms with Crippen molar-refractivity contribution in [2.45, 2.75) is 32.1 Å². The summed E-state index contributed by atoms with van der Waals surface area (Å²) in [5.74, 6) is -0.0849. The summed E-state index contributed by atoms with van der Waals surface area (Å²) in [6.45, 7) is 11.8. The van der Waals surface area contributed by atoms with Gasteiger partial charge < -0.3 is 4.79 Å². The van der Waals surface area contributed by atoms with Gasteiger partial charge in [0.05, 0.1) is 23.6 Å². The maximum Gasteiger partial charge on any atom is 0.226 e. The molecule has 0 N–H and O–H groups in total. The van der Waals surface area contributed by atoms with Crippen molar-refractivity contribution in [2.75, 3.05) is 0 Å². The van der Waals surface area contributed by atoms with Gasteiger partial charge in [0.15, 0.2) is 5.78 Å². The van der Waals surface area contributed by atoms with Gasteiger partial charge in [0.2, 0.25) is 5.70 Å². The number of hydrogen-bond acceptors (Lipinski definition) is 2. The van der Waals surface area contributed by atoms with Crippen molar-refractivity contribution >= 4 is 5.78 Å². The molecule has 0 unspecified atom stereocenters. The first-order valence-corrected chi connectivity index (χ1v) is 12.5. The first-order valence-electron chi connectivity index (χ1n) is 12.5. The van der Waals surface area contributed by atoms with E-state index in [-0.39, 0.29) is 23.3 Å². The molecule has 2 aliphatic carbocycles. The Hall–Kier alpha value is -4.23. The van der Waals surface area contributed by atoms with E-state index in [1.165, 1.54) is 11.1 Å². The molecule has 36 heavy (non-hydrogen) atoms. The van der Waals surface area contributed by atoms with E-state index in [9.17, 15) is 4.79 Å². The van der Waals surface area contributed by atoms with Crippen LogP contribution in [0.3, 0.4) is 0 Å². The fourth-order valence-electron chi connectivity index (χ4n) is 6.20. The summed E-state index contributed by atoms with van der Waals surface area (Å²) < 4.78 is 2.06. The van der Waals surface area contributed by atoms with Crippen LogP contribution in [0, 0.1) is 18.4 Å². The molecule has 2 aliphatic rings. The Morgan fingerprint density at radius 2 is 1.53 bits per heavy atom. The highest BCUT2D eigenvalue weighted by Gasteiger charge is 2.50. The molecule has 4 heteroatoms. The lowest BCUT2D eigenvalue weighted by atomic mass is 9.58. The first kappa shape index (κ1) is 22.2. The van der Waals surface area contributed by atoms with E-state index in [4.69, 9.17) is 11.7 Å². The molecule has 3 aromatic carbocycles. The summed E-state index contributed by atoms with van der Waals surface area (Å²) in [5, 5.41) is 5.24. The molecule has 0 radical (unpaired) electrons. The second-order valence-corrected chi connectivity index (χ2v) is 10.1. The van der Waals surface area contributed by atoms with Crippen LogP contribution < -0.4 is 0 Å². The standard InChI is InChI=1S/C32H27N3O/c1-21-27-19-18-26-29(24-12-8-5-9-13-24)35(34-31(26)32(27,2)20-28(33-3)30(21)36)25-16-14-23(15-17-25)22-10-6-4-7-11-22/h4-17,20-21,27H,18-19H2,1-2H3/t21-,27-,32-/m1/s1. The highest BCUT2D eigenvalue weighted by molar-refractivity contribution is 6.00. The predicted octanol–water partition coefficient (Wildman–Crippen LogP) is 7.05. The van der Waals surface area contributed by atoms with Crippen molar-refractivity contribution in [1.82, 2.24) is 9.78 Å². The Labute approximate surface area is 211 Å². The zero-order valence-corrected chi connectivity index (χ0v) is 20.5. The van der Waals surface area contributed by atoms with E-state index in [0.29, 0.717) is 0 Å². The number of benzene rings is 3.